The molecule has 0 fully saturated rings. The van der Waals surface area contributed by atoms with E-state index < -0.39 is 12.0 Å². The monoisotopic (exact) mass is 255 g/mol. The van der Waals surface area contributed by atoms with Gasteiger partial charge >= 0.3 is 5.97 Å². The largest absolute Gasteiger partial charge is 0.493 e. The van der Waals surface area contributed by atoms with Crippen LogP contribution in [0.2, 0.25) is 0 Å². The van der Waals surface area contributed by atoms with Crippen LogP contribution in [-0.4, -0.2) is 35.2 Å². The van der Waals surface area contributed by atoms with Crippen LogP contribution in [-0.2, 0) is 4.79 Å². The van der Waals surface area contributed by atoms with Crippen molar-refractivity contribution in [1.82, 2.24) is 0 Å². The predicted molar refractivity (Wildman–Crippen MR) is 69.6 cm³/mol. The van der Waals surface area contributed by atoms with Gasteiger partial charge in [0.05, 0.1) is 6.61 Å². The Hall–Kier alpha value is -1.20. The Labute approximate surface area is 105 Å². The summed E-state index contributed by atoms with van der Waals surface area (Å²) in [5, 5.41) is 8.58. The highest BCUT2D eigenvalue weighted by Crippen LogP contribution is 2.13. The van der Waals surface area contributed by atoms with E-state index in [-0.39, 0.29) is 0 Å². The van der Waals surface area contributed by atoms with Gasteiger partial charge in [0.25, 0.3) is 0 Å². The lowest BCUT2D eigenvalue weighted by molar-refractivity contribution is -0.137. The molecule has 0 unspecified atom stereocenters. The second-order valence-electron chi connectivity index (χ2n) is 3.68. The molecule has 5 heteroatoms. The average molecular weight is 255 g/mol. The standard InChI is InChI=1S/C12H17NO3S/c1-9-3-2-4-10(7-9)16-5-6-17-8-11(13)12(14)15/h2-4,7,11H,5-6,8,13H2,1H3,(H,14,15)/t11-/m0/s1. The maximum atomic E-state index is 10.5. The fourth-order valence-electron chi connectivity index (χ4n) is 1.21. The first kappa shape index (κ1) is 13.9. The molecule has 17 heavy (non-hydrogen) atoms. The molecule has 0 spiro atoms. The van der Waals surface area contributed by atoms with E-state index in [0.29, 0.717) is 12.4 Å². The van der Waals surface area contributed by atoms with Gasteiger partial charge in [-0.05, 0) is 24.6 Å². The van der Waals surface area contributed by atoms with Gasteiger partial charge in [-0.15, -0.1) is 0 Å². The molecular formula is C12H17NO3S. The number of benzene rings is 1. The van der Waals surface area contributed by atoms with E-state index in [0.717, 1.165) is 17.1 Å². The number of ether oxygens (including phenoxy) is 1. The minimum absolute atomic E-state index is 0.409. The molecule has 0 saturated carbocycles. The molecule has 0 radical (unpaired) electrons. The van der Waals surface area contributed by atoms with E-state index in [2.05, 4.69) is 0 Å². The SMILES string of the molecule is Cc1cccc(OCCSC[C@H](N)C(=O)O)c1. The number of nitrogens with two attached hydrogens (primary N) is 1. The van der Waals surface area contributed by atoms with Gasteiger partial charge in [-0.3, -0.25) is 4.79 Å². The van der Waals surface area contributed by atoms with Gasteiger partial charge in [0, 0.05) is 11.5 Å². The van der Waals surface area contributed by atoms with Crippen LogP contribution in [0.4, 0.5) is 0 Å². The first-order valence-electron chi connectivity index (χ1n) is 5.35. The third-order valence-electron chi connectivity index (χ3n) is 2.10. The Morgan fingerprint density at radius 1 is 1.59 bits per heavy atom. The molecule has 1 atom stereocenters. The normalized spacial score (nSPS) is 12.1. The number of carboxylic acids is 1. The van der Waals surface area contributed by atoms with Crippen LogP contribution in [0, 0.1) is 6.92 Å². The number of carbonyl (C=O) groups is 1. The molecule has 0 aliphatic carbocycles. The molecule has 94 valence electrons. The second-order valence-corrected chi connectivity index (χ2v) is 4.83. The van der Waals surface area contributed by atoms with Gasteiger partial charge in [0.15, 0.2) is 0 Å². The first-order chi connectivity index (χ1) is 8.09. The fraction of sp³-hybridized carbons (Fsp3) is 0.417. The van der Waals surface area contributed by atoms with E-state index in [1.807, 2.05) is 31.2 Å². The van der Waals surface area contributed by atoms with Crippen molar-refractivity contribution in [3.05, 3.63) is 29.8 Å². The van der Waals surface area contributed by atoms with Gasteiger partial charge in [-0.2, -0.15) is 11.8 Å². The van der Waals surface area contributed by atoms with Crippen molar-refractivity contribution in [2.24, 2.45) is 5.73 Å². The fourth-order valence-corrected chi connectivity index (χ4v) is 1.97. The third kappa shape index (κ3) is 5.60. The Morgan fingerprint density at radius 3 is 3.00 bits per heavy atom. The summed E-state index contributed by atoms with van der Waals surface area (Å²) in [6.45, 7) is 2.56. The molecule has 1 aromatic rings. The second kappa shape index (κ2) is 7.19. The maximum Gasteiger partial charge on any atom is 0.321 e. The van der Waals surface area contributed by atoms with Crippen LogP contribution < -0.4 is 10.5 Å². The molecule has 0 aliphatic heterocycles. The molecule has 0 saturated heterocycles. The molecule has 1 aromatic carbocycles. The molecular weight excluding hydrogens is 238 g/mol. The van der Waals surface area contributed by atoms with Crippen molar-refractivity contribution in [2.45, 2.75) is 13.0 Å². The van der Waals surface area contributed by atoms with E-state index in [9.17, 15) is 4.79 Å². The first-order valence-corrected chi connectivity index (χ1v) is 6.50. The average Bonchev–Trinajstić information content (AvgIpc) is 2.28. The summed E-state index contributed by atoms with van der Waals surface area (Å²) in [4.78, 5) is 10.5. The lowest BCUT2D eigenvalue weighted by atomic mass is 10.2. The number of aryl methyl sites for hydroxylation is 1. The molecule has 0 heterocycles. The lowest BCUT2D eigenvalue weighted by Crippen LogP contribution is -2.32. The number of rotatable bonds is 7. The van der Waals surface area contributed by atoms with Gasteiger partial charge < -0.3 is 15.6 Å². The Bertz CT molecular complexity index is 371. The van der Waals surface area contributed by atoms with Crippen LogP contribution in [0.1, 0.15) is 5.56 Å². The smallest absolute Gasteiger partial charge is 0.321 e. The van der Waals surface area contributed by atoms with Gasteiger partial charge in [-0.25, -0.2) is 0 Å². The summed E-state index contributed by atoms with van der Waals surface area (Å²) in [5.41, 5.74) is 6.52. The number of thioether (sulfide) groups is 1. The molecule has 0 aliphatic rings. The minimum Gasteiger partial charge on any atom is -0.493 e. The van der Waals surface area contributed by atoms with Crippen molar-refractivity contribution >= 4 is 17.7 Å². The summed E-state index contributed by atoms with van der Waals surface area (Å²) in [7, 11) is 0. The maximum absolute atomic E-state index is 10.5. The zero-order chi connectivity index (χ0) is 12.7. The molecule has 0 amide bonds. The van der Waals surface area contributed by atoms with Crippen LogP contribution in [0.15, 0.2) is 24.3 Å². The lowest BCUT2D eigenvalue weighted by Gasteiger charge is -2.08. The van der Waals surface area contributed by atoms with E-state index in [1.54, 1.807) is 0 Å². The molecule has 0 bridgehead atoms. The van der Waals surface area contributed by atoms with Crippen LogP contribution in [0.5, 0.6) is 5.75 Å². The number of hydrogen-bond acceptors (Lipinski definition) is 4. The topological polar surface area (TPSA) is 72.5 Å². The molecule has 4 nitrogen and oxygen atoms in total. The van der Waals surface area contributed by atoms with E-state index in [1.165, 1.54) is 11.8 Å². The minimum atomic E-state index is -0.961. The number of carboxylic acid groups (broad SMARTS) is 1. The van der Waals surface area contributed by atoms with E-state index in [4.69, 9.17) is 15.6 Å². The number of aliphatic carboxylic acids is 1. The Kier molecular flexibility index (Phi) is 5.86. The predicted octanol–water partition coefficient (Wildman–Crippen LogP) is 1.52. The van der Waals surface area contributed by atoms with E-state index >= 15 is 0 Å². The highest BCUT2D eigenvalue weighted by Gasteiger charge is 2.10. The van der Waals surface area contributed by atoms with Crippen molar-refractivity contribution < 1.29 is 14.6 Å². The summed E-state index contributed by atoms with van der Waals surface area (Å²) in [5.74, 6) is 1.02. The summed E-state index contributed by atoms with van der Waals surface area (Å²) in [6, 6.07) is 7.03. The zero-order valence-corrected chi connectivity index (χ0v) is 10.6. The highest BCUT2D eigenvalue weighted by molar-refractivity contribution is 7.99. The van der Waals surface area contributed by atoms with Crippen molar-refractivity contribution in [2.75, 3.05) is 18.1 Å². The third-order valence-corrected chi connectivity index (χ3v) is 3.15. The van der Waals surface area contributed by atoms with Crippen molar-refractivity contribution in [3.8, 4) is 5.75 Å². The van der Waals surface area contributed by atoms with Crippen molar-refractivity contribution in [3.63, 3.8) is 0 Å². The summed E-state index contributed by atoms with van der Waals surface area (Å²) in [6.07, 6.45) is 0. The van der Waals surface area contributed by atoms with Gasteiger partial charge in [-0.1, -0.05) is 12.1 Å². The number of hydrogen-bond donors (Lipinski definition) is 2. The Balaban J connectivity index is 2.14. The van der Waals surface area contributed by atoms with Crippen LogP contribution in [0.25, 0.3) is 0 Å². The summed E-state index contributed by atoms with van der Waals surface area (Å²) >= 11 is 1.48. The Morgan fingerprint density at radius 2 is 2.35 bits per heavy atom. The highest BCUT2D eigenvalue weighted by atomic mass is 32.2. The quantitative estimate of drug-likeness (QED) is 0.723. The van der Waals surface area contributed by atoms with Gasteiger partial charge in [0.2, 0.25) is 0 Å². The summed E-state index contributed by atoms with van der Waals surface area (Å²) < 4.78 is 5.52. The van der Waals surface area contributed by atoms with Crippen molar-refractivity contribution in [1.29, 1.82) is 0 Å². The molecule has 1 rings (SSSR count). The van der Waals surface area contributed by atoms with Gasteiger partial charge in [0.1, 0.15) is 11.8 Å². The molecule has 3 N–H and O–H groups in total. The van der Waals surface area contributed by atoms with Crippen LogP contribution in [0.3, 0.4) is 0 Å². The van der Waals surface area contributed by atoms with Crippen LogP contribution >= 0.6 is 11.8 Å². The zero-order valence-electron chi connectivity index (χ0n) is 9.76. The molecule has 0 aromatic heterocycles.